The SMILES string of the molecule is CCC(C)[C@H](N)c1ccc(C)cc1O.Cl. The fraction of sp³-hybridized carbons (Fsp3) is 0.500. The third-order valence-electron chi connectivity index (χ3n) is 2.80. The van der Waals surface area contributed by atoms with E-state index in [-0.39, 0.29) is 18.4 Å². The minimum Gasteiger partial charge on any atom is -0.508 e. The summed E-state index contributed by atoms with van der Waals surface area (Å²) in [5, 5.41) is 9.73. The van der Waals surface area contributed by atoms with Crippen molar-refractivity contribution in [2.45, 2.75) is 33.2 Å². The summed E-state index contributed by atoms with van der Waals surface area (Å²) in [4.78, 5) is 0. The van der Waals surface area contributed by atoms with E-state index < -0.39 is 0 Å². The van der Waals surface area contributed by atoms with Crippen LogP contribution >= 0.6 is 12.4 Å². The quantitative estimate of drug-likeness (QED) is 0.837. The monoisotopic (exact) mass is 229 g/mol. The molecule has 15 heavy (non-hydrogen) atoms. The smallest absolute Gasteiger partial charge is 0.120 e. The zero-order chi connectivity index (χ0) is 10.7. The van der Waals surface area contributed by atoms with Crippen LogP contribution in [0.5, 0.6) is 5.75 Å². The van der Waals surface area contributed by atoms with Crippen molar-refractivity contribution >= 4 is 12.4 Å². The van der Waals surface area contributed by atoms with Crippen LogP contribution in [0.15, 0.2) is 18.2 Å². The second-order valence-electron chi connectivity index (χ2n) is 3.97. The predicted octanol–water partition coefficient (Wildman–Crippen LogP) is 3.17. The average molecular weight is 230 g/mol. The highest BCUT2D eigenvalue weighted by Crippen LogP contribution is 2.29. The second-order valence-corrected chi connectivity index (χ2v) is 3.97. The molecule has 2 nitrogen and oxygen atoms in total. The number of hydrogen-bond acceptors (Lipinski definition) is 2. The van der Waals surface area contributed by atoms with Gasteiger partial charge in [0.15, 0.2) is 0 Å². The lowest BCUT2D eigenvalue weighted by molar-refractivity contribution is 0.419. The van der Waals surface area contributed by atoms with Crippen molar-refractivity contribution in [2.75, 3.05) is 0 Å². The fourth-order valence-electron chi connectivity index (χ4n) is 1.50. The number of phenols is 1. The molecule has 0 aromatic heterocycles. The molecule has 0 bridgehead atoms. The average Bonchev–Trinajstić information content (AvgIpc) is 2.15. The van der Waals surface area contributed by atoms with Gasteiger partial charge in [0, 0.05) is 11.6 Å². The molecule has 0 fully saturated rings. The van der Waals surface area contributed by atoms with Crippen molar-refractivity contribution in [2.24, 2.45) is 11.7 Å². The molecule has 0 saturated carbocycles. The Bertz CT molecular complexity index is 314. The van der Waals surface area contributed by atoms with Gasteiger partial charge in [0.1, 0.15) is 5.75 Å². The van der Waals surface area contributed by atoms with Gasteiger partial charge in [-0.1, -0.05) is 32.4 Å². The molecule has 1 aromatic rings. The van der Waals surface area contributed by atoms with E-state index in [0.29, 0.717) is 11.7 Å². The van der Waals surface area contributed by atoms with Gasteiger partial charge in [0.25, 0.3) is 0 Å². The molecule has 0 aliphatic rings. The van der Waals surface area contributed by atoms with Crippen LogP contribution in [-0.2, 0) is 0 Å². The minimum atomic E-state index is -0.0689. The van der Waals surface area contributed by atoms with E-state index >= 15 is 0 Å². The summed E-state index contributed by atoms with van der Waals surface area (Å²) in [6, 6.07) is 5.59. The number of aryl methyl sites for hydroxylation is 1. The van der Waals surface area contributed by atoms with Crippen LogP contribution in [-0.4, -0.2) is 5.11 Å². The number of nitrogens with two attached hydrogens (primary N) is 1. The van der Waals surface area contributed by atoms with Gasteiger partial charge in [0.05, 0.1) is 0 Å². The fourth-order valence-corrected chi connectivity index (χ4v) is 1.50. The Hall–Kier alpha value is -0.730. The molecule has 0 amide bonds. The second kappa shape index (κ2) is 5.99. The Morgan fingerprint density at radius 1 is 1.40 bits per heavy atom. The van der Waals surface area contributed by atoms with E-state index in [2.05, 4.69) is 13.8 Å². The van der Waals surface area contributed by atoms with Crippen LogP contribution in [0.4, 0.5) is 0 Å². The molecular weight excluding hydrogens is 210 g/mol. The van der Waals surface area contributed by atoms with Crippen LogP contribution in [0, 0.1) is 12.8 Å². The maximum Gasteiger partial charge on any atom is 0.120 e. The normalized spacial score (nSPS) is 14.1. The highest BCUT2D eigenvalue weighted by Gasteiger charge is 2.16. The zero-order valence-electron chi connectivity index (χ0n) is 9.53. The first-order valence-electron chi connectivity index (χ1n) is 5.11. The zero-order valence-corrected chi connectivity index (χ0v) is 10.3. The number of rotatable bonds is 3. The van der Waals surface area contributed by atoms with Crippen molar-refractivity contribution in [3.63, 3.8) is 0 Å². The molecule has 0 aliphatic carbocycles. The van der Waals surface area contributed by atoms with Crippen molar-refractivity contribution < 1.29 is 5.11 Å². The van der Waals surface area contributed by atoms with Gasteiger partial charge in [-0.15, -0.1) is 12.4 Å². The lowest BCUT2D eigenvalue weighted by Crippen LogP contribution is -2.18. The first-order chi connectivity index (χ1) is 6.56. The molecule has 3 heteroatoms. The number of halogens is 1. The van der Waals surface area contributed by atoms with E-state index in [1.807, 2.05) is 19.1 Å². The number of aromatic hydroxyl groups is 1. The number of phenolic OH excluding ortho intramolecular Hbond substituents is 1. The molecule has 1 unspecified atom stereocenters. The Labute approximate surface area is 97.9 Å². The lowest BCUT2D eigenvalue weighted by atomic mass is 9.92. The third kappa shape index (κ3) is 3.40. The summed E-state index contributed by atoms with van der Waals surface area (Å²) in [6.07, 6.45) is 1.02. The first-order valence-corrected chi connectivity index (χ1v) is 5.11. The maximum atomic E-state index is 9.73. The Morgan fingerprint density at radius 2 is 2.00 bits per heavy atom. The van der Waals surface area contributed by atoms with Crippen LogP contribution in [0.3, 0.4) is 0 Å². The van der Waals surface area contributed by atoms with Crippen LogP contribution < -0.4 is 5.73 Å². The third-order valence-corrected chi connectivity index (χ3v) is 2.80. The molecule has 0 radical (unpaired) electrons. The highest BCUT2D eigenvalue weighted by molar-refractivity contribution is 5.85. The summed E-state index contributed by atoms with van der Waals surface area (Å²) in [5.41, 5.74) is 7.95. The van der Waals surface area contributed by atoms with Crippen LogP contribution in [0.25, 0.3) is 0 Å². The molecule has 0 aliphatic heterocycles. The summed E-state index contributed by atoms with van der Waals surface area (Å²) in [5.74, 6) is 0.710. The van der Waals surface area contributed by atoms with Gasteiger partial charge in [-0.3, -0.25) is 0 Å². The number of hydrogen-bond donors (Lipinski definition) is 2. The summed E-state index contributed by atoms with van der Waals surface area (Å²) >= 11 is 0. The maximum absolute atomic E-state index is 9.73. The summed E-state index contributed by atoms with van der Waals surface area (Å²) in [6.45, 7) is 6.16. The van der Waals surface area contributed by atoms with Crippen LogP contribution in [0.2, 0.25) is 0 Å². The first kappa shape index (κ1) is 14.3. The van der Waals surface area contributed by atoms with Gasteiger partial charge in [0.2, 0.25) is 0 Å². The van der Waals surface area contributed by atoms with E-state index in [4.69, 9.17) is 5.73 Å². The van der Waals surface area contributed by atoms with Gasteiger partial charge in [-0.05, 0) is 24.5 Å². The predicted molar refractivity (Wildman–Crippen MR) is 66.5 cm³/mol. The molecule has 0 saturated heterocycles. The number of benzene rings is 1. The molecule has 0 spiro atoms. The van der Waals surface area contributed by atoms with Gasteiger partial charge in [-0.2, -0.15) is 0 Å². The summed E-state index contributed by atoms with van der Waals surface area (Å²) in [7, 11) is 0. The standard InChI is InChI=1S/C12H19NO.ClH/c1-4-9(3)12(13)10-6-5-8(2)7-11(10)14;/h5-7,9,12,14H,4,13H2,1-3H3;1H/t9?,12-;/m0./s1. The van der Waals surface area contributed by atoms with E-state index in [1.54, 1.807) is 6.07 Å². The molecule has 0 heterocycles. The lowest BCUT2D eigenvalue weighted by Gasteiger charge is -2.19. The van der Waals surface area contributed by atoms with E-state index in [9.17, 15) is 5.11 Å². The molecule has 1 aromatic carbocycles. The van der Waals surface area contributed by atoms with E-state index in [0.717, 1.165) is 17.5 Å². The van der Waals surface area contributed by atoms with Crippen molar-refractivity contribution in [1.29, 1.82) is 0 Å². The molecule has 86 valence electrons. The highest BCUT2D eigenvalue weighted by atomic mass is 35.5. The van der Waals surface area contributed by atoms with E-state index in [1.165, 1.54) is 0 Å². The topological polar surface area (TPSA) is 46.2 Å². The van der Waals surface area contributed by atoms with Crippen molar-refractivity contribution in [1.82, 2.24) is 0 Å². The van der Waals surface area contributed by atoms with Crippen LogP contribution in [0.1, 0.15) is 37.4 Å². The van der Waals surface area contributed by atoms with Gasteiger partial charge < -0.3 is 10.8 Å². The minimum absolute atomic E-state index is 0. The summed E-state index contributed by atoms with van der Waals surface area (Å²) < 4.78 is 0. The van der Waals surface area contributed by atoms with Crippen molar-refractivity contribution in [3.8, 4) is 5.75 Å². The van der Waals surface area contributed by atoms with Gasteiger partial charge in [-0.25, -0.2) is 0 Å². The largest absolute Gasteiger partial charge is 0.508 e. The molecular formula is C12H20ClNO. The molecule has 3 N–H and O–H groups in total. The van der Waals surface area contributed by atoms with Gasteiger partial charge >= 0.3 is 0 Å². The molecule has 1 rings (SSSR count). The Morgan fingerprint density at radius 3 is 2.47 bits per heavy atom. The Balaban J connectivity index is 0.00000196. The Kier molecular flexibility index (Phi) is 5.69. The molecule has 2 atom stereocenters. The van der Waals surface area contributed by atoms with Crippen molar-refractivity contribution in [3.05, 3.63) is 29.3 Å².